The highest BCUT2D eigenvalue weighted by atomic mass is 16.4. The Kier molecular flexibility index (Phi) is 3.38. The molecule has 0 aliphatic rings. The second kappa shape index (κ2) is 5.36. The topological polar surface area (TPSA) is 100 Å². The first kappa shape index (κ1) is 13.9. The lowest BCUT2D eigenvalue weighted by Gasteiger charge is -2.06. The molecule has 3 rings (SSSR count). The predicted molar refractivity (Wildman–Crippen MR) is 81.6 cm³/mol. The second-order valence-corrected chi connectivity index (χ2v) is 4.98. The molecule has 7 heteroatoms. The molecular formula is C15H14N4O3. The van der Waals surface area contributed by atoms with E-state index in [0.717, 1.165) is 11.1 Å². The molecule has 0 fully saturated rings. The van der Waals surface area contributed by atoms with Crippen LogP contribution in [0.2, 0.25) is 0 Å². The van der Waals surface area contributed by atoms with Gasteiger partial charge in [0.2, 0.25) is 0 Å². The van der Waals surface area contributed by atoms with E-state index >= 15 is 0 Å². The molecule has 1 amide bonds. The van der Waals surface area contributed by atoms with Gasteiger partial charge in [-0.2, -0.15) is 5.10 Å². The molecule has 2 heterocycles. The highest BCUT2D eigenvalue weighted by Crippen LogP contribution is 2.21. The van der Waals surface area contributed by atoms with Gasteiger partial charge in [0.1, 0.15) is 0 Å². The minimum atomic E-state index is -1.13. The summed E-state index contributed by atoms with van der Waals surface area (Å²) in [5.74, 6) is 0. The van der Waals surface area contributed by atoms with Gasteiger partial charge in [0.25, 0.3) is 0 Å². The molecule has 22 heavy (non-hydrogen) atoms. The monoisotopic (exact) mass is 298 g/mol. The third kappa shape index (κ3) is 2.69. The maximum atomic E-state index is 12.2. The van der Waals surface area contributed by atoms with E-state index in [1.54, 1.807) is 16.9 Å². The van der Waals surface area contributed by atoms with Crippen LogP contribution in [0, 0.1) is 0 Å². The number of aryl methyl sites for hydroxylation is 1. The first-order chi connectivity index (χ1) is 10.5. The number of carboxylic acid groups (broad SMARTS) is 1. The van der Waals surface area contributed by atoms with Crippen LogP contribution in [0.4, 0.5) is 4.79 Å². The van der Waals surface area contributed by atoms with Crippen molar-refractivity contribution in [3.05, 3.63) is 52.6 Å². The summed E-state index contributed by atoms with van der Waals surface area (Å²) in [6.07, 6.45) is 2.48. The van der Waals surface area contributed by atoms with E-state index in [1.807, 2.05) is 25.4 Å². The number of pyridine rings is 1. The normalized spacial score (nSPS) is 10.8. The number of carbonyl (C=O) groups is 1. The summed E-state index contributed by atoms with van der Waals surface area (Å²) in [7, 11) is 1.83. The fourth-order valence-electron chi connectivity index (χ4n) is 2.32. The Bertz CT molecular complexity index is 911. The largest absolute Gasteiger partial charge is 0.465 e. The van der Waals surface area contributed by atoms with Crippen LogP contribution in [0.1, 0.15) is 5.69 Å². The Labute approximate surface area is 125 Å². The van der Waals surface area contributed by atoms with E-state index < -0.39 is 6.09 Å². The molecule has 112 valence electrons. The highest BCUT2D eigenvalue weighted by molar-refractivity contribution is 5.84. The summed E-state index contributed by atoms with van der Waals surface area (Å²) in [6.45, 7) is 0.0604. The molecular weight excluding hydrogens is 284 g/mol. The third-order valence-electron chi connectivity index (χ3n) is 3.35. The van der Waals surface area contributed by atoms with Gasteiger partial charge in [-0.15, -0.1) is 0 Å². The zero-order valence-electron chi connectivity index (χ0n) is 11.8. The Morgan fingerprint density at radius 3 is 2.86 bits per heavy atom. The van der Waals surface area contributed by atoms with Crippen LogP contribution in [0.25, 0.3) is 22.0 Å². The fraction of sp³-hybridized carbons (Fsp3) is 0.133. The standard InChI is InChI=1S/C15H14N4O3/c1-19-8-10(6-17-19)9-2-3-13-12(4-9)14(20)5-11(18-13)7-16-15(21)22/h2-6,8,16H,7H2,1H3,(H,18,20)(H,21,22). The van der Waals surface area contributed by atoms with Gasteiger partial charge in [0.05, 0.1) is 12.7 Å². The van der Waals surface area contributed by atoms with Crippen molar-refractivity contribution in [2.45, 2.75) is 6.54 Å². The molecule has 3 aromatic rings. The van der Waals surface area contributed by atoms with Crippen LogP contribution < -0.4 is 10.7 Å². The molecule has 0 bridgehead atoms. The smallest absolute Gasteiger partial charge is 0.404 e. The van der Waals surface area contributed by atoms with Gasteiger partial charge >= 0.3 is 6.09 Å². The number of aromatic amines is 1. The minimum absolute atomic E-state index is 0.0604. The maximum Gasteiger partial charge on any atom is 0.404 e. The van der Waals surface area contributed by atoms with E-state index in [0.29, 0.717) is 16.6 Å². The molecule has 0 saturated heterocycles. The van der Waals surface area contributed by atoms with Gasteiger partial charge in [-0.25, -0.2) is 4.79 Å². The van der Waals surface area contributed by atoms with Crippen molar-refractivity contribution < 1.29 is 9.90 Å². The Hall–Kier alpha value is -3.09. The molecule has 0 unspecified atom stereocenters. The number of H-pyrrole nitrogens is 1. The number of benzene rings is 1. The van der Waals surface area contributed by atoms with Crippen molar-refractivity contribution >= 4 is 17.0 Å². The number of hydrogen-bond donors (Lipinski definition) is 3. The number of fused-ring (bicyclic) bond motifs is 1. The minimum Gasteiger partial charge on any atom is -0.465 e. The molecule has 0 saturated carbocycles. The summed E-state index contributed by atoms with van der Waals surface area (Å²) < 4.78 is 1.70. The Balaban J connectivity index is 2.03. The predicted octanol–water partition coefficient (Wildman–Crippen LogP) is 1.70. The number of rotatable bonds is 3. The van der Waals surface area contributed by atoms with Crippen molar-refractivity contribution in [1.29, 1.82) is 0 Å². The lowest BCUT2D eigenvalue weighted by molar-refractivity contribution is 0.194. The molecule has 7 nitrogen and oxygen atoms in total. The highest BCUT2D eigenvalue weighted by Gasteiger charge is 2.07. The third-order valence-corrected chi connectivity index (χ3v) is 3.35. The molecule has 3 N–H and O–H groups in total. The first-order valence-corrected chi connectivity index (χ1v) is 6.65. The number of nitrogens with zero attached hydrogens (tertiary/aromatic N) is 2. The zero-order valence-corrected chi connectivity index (χ0v) is 11.8. The molecule has 0 aliphatic heterocycles. The lowest BCUT2D eigenvalue weighted by atomic mass is 10.1. The van der Waals surface area contributed by atoms with Gasteiger partial charge in [0.15, 0.2) is 5.43 Å². The van der Waals surface area contributed by atoms with E-state index in [4.69, 9.17) is 5.11 Å². The van der Waals surface area contributed by atoms with Crippen molar-refractivity contribution in [1.82, 2.24) is 20.1 Å². The SMILES string of the molecule is Cn1cc(-c2ccc3[nH]c(CNC(=O)O)cc(=O)c3c2)cn1. The fourth-order valence-corrected chi connectivity index (χ4v) is 2.32. The van der Waals surface area contributed by atoms with Crippen molar-refractivity contribution in [3.8, 4) is 11.1 Å². The molecule has 0 atom stereocenters. The van der Waals surface area contributed by atoms with Crippen LogP contribution in [0.3, 0.4) is 0 Å². The van der Waals surface area contributed by atoms with Crippen LogP contribution in [-0.4, -0.2) is 26.0 Å². The van der Waals surface area contributed by atoms with E-state index in [9.17, 15) is 9.59 Å². The lowest BCUT2D eigenvalue weighted by Crippen LogP contribution is -2.21. The van der Waals surface area contributed by atoms with Crippen LogP contribution >= 0.6 is 0 Å². The molecule has 0 aliphatic carbocycles. The Morgan fingerprint density at radius 1 is 1.36 bits per heavy atom. The van der Waals surface area contributed by atoms with Gasteiger partial charge in [-0.1, -0.05) is 6.07 Å². The summed E-state index contributed by atoms with van der Waals surface area (Å²) in [5, 5.41) is 15.5. The summed E-state index contributed by atoms with van der Waals surface area (Å²) in [6, 6.07) is 6.91. The van der Waals surface area contributed by atoms with Crippen molar-refractivity contribution in [2.75, 3.05) is 0 Å². The molecule has 0 spiro atoms. The molecule has 0 radical (unpaired) electrons. The van der Waals surface area contributed by atoms with Crippen molar-refractivity contribution in [2.24, 2.45) is 7.05 Å². The van der Waals surface area contributed by atoms with Crippen LogP contribution in [0.15, 0.2) is 41.5 Å². The average molecular weight is 298 g/mol. The summed E-state index contributed by atoms with van der Waals surface area (Å²) in [5.41, 5.74) is 2.88. The van der Waals surface area contributed by atoms with Gasteiger partial charge in [0, 0.05) is 41.5 Å². The molecule has 1 aromatic carbocycles. The van der Waals surface area contributed by atoms with E-state index in [-0.39, 0.29) is 12.0 Å². The number of hydrogen-bond acceptors (Lipinski definition) is 3. The van der Waals surface area contributed by atoms with E-state index in [2.05, 4.69) is 15.4 Å². The zero-order chi connectivity index (χ0) is 15.7. The van der Waals surface area contributed by atoms with Gasteiger partial charge in [-0.05, 0) is 17.7 Å². The van der Waals surface area contributed by atoms with Gasteiger partial charge < -0.3 is 15.4 Å². The Morgan fingerprint density at radius 2 is 2.18 bits per heavy atom. The summed E-state index contributed by atoms with van der Waals surface area (Å²) >= 11 is 0. The van der Waals surface area contributed by atoms with Crippen LogP contribution in [-0.2, 0) is 13.6 Å². The second-order valence-electron chi connectivity index (χ2n) is 4.98. The molecule has 2 aromatic heterocycles. The van der Waals surface area contributed by atoms with E-state index in [1.165, 1.54) is 6.07 Å². The van der Waals surface area contributed by atoms with Gasteiger partial charge in [-0.3, -0.25) is 9.48 Å². The first-order valence-electron chi connectivity index (χ1n) is 6.65. The maximum absolute atomic E-state index is 12.2. The van der Waals surface area contributed by atoms with Crippen LogP contribution in [0.5, 0.6) is 0 Å². The number of nitrogens with one attached hydrogen (secondary N) is 2. The quantitative estimate of drug-likeness (QED) is 0.685. The summed E-state index contributed by atoms with van der Waals surface area (Å²) in [4.78, 5) is 25.8. The average Bonchev–Trinajstić information content (AvgIpc) is 2.91. The number of aromatic nitrogens is 3. The van der Waals surface area contributed by atoms with Crippen molar-refractivity contribution in [3.63, 3.8) is 0 Å². The number of amides is 1.